The Balaban J connectivity index is 1.80. The minimum atomic E-state index is -0.0910. The Morgan fingerprint density at radius 2 is 1.79 bits per heavy atom. The molecule has 6 nitrogen and oxygen atoms in total. The van der Waals surface area contributed by atoms with E-state index in [4.69, 9.17) is 11.6 Å². The zero-order chi connectivity index (χ0) is 21.0. The van der Waals surface area contributed by atoms with Crippen LogP contribution in [0.1, 0.15) is 24.4 Å². The van der Waals surface area contributed by atoms with Crippen molar-refractivity contribution in [3.05, 3.63) is 64.9 Å². The Kier molecular flexibility index (Phi) is 6.95. The standard InChI is InChI=1S/C21H24ClN5OS/c1-14-5-9-17(10-6-14)23-19(28)13-29-21-25-24-20(15(2)26(3)4)27(21)18-11-7-16(22)8-12-18/h5-12,15H,13H2,1-4H3,(H,23,28). The summed E-state index contributed by atoms with van der Waals surface area (Å²) in [5, 5.41) is 13.0. The van der Waals surface area contributed by atoms with Gasteiger partial charge < -0.3 is 5.32 Å². The maximum absolute atomic E-state index is 12.4. The number of aromatic nitrogens is 3. The number of rotatable bonds is 7. The van der Waals surface area contributed by atoms with E-state index >= 15 is 0 Å². The van der Waals surface area contributed by atoms with Gasteiger partial charge >= 0.3 is 0 Å². The number of carbonyl (C=O) groups excluding carboxylic acids is 1. The highest BCUT2D eigenvalue weighted by Gasteiger charge is 2.21. The number of amides is 1. The van der Waals surface area contributed by atoms with Crippen molar-refractivity contribution in [2.45, 2.75) is 25.0 Å². The molecule has 0 aliphatic rings. The first kappa shape index (κ1) is 21.4. The Morgan fingerprint density at radius 1 is 1.14 bits per heavy atom. The maximum Gasteiger partial charge on any atom is 0.234 e. The van der Waals surface area contributed by atoms with Gasteiger partial charge in [0.2, 0.25) is 5.91 Å². The van der Waals surface area contributed by atoms with Crippen molar-refractivity contribution in [3.63, 3.8) is 0 Å². The van der Waals surface area contributed by atoms with E-state index in [1.807, 2.05) is 74.1 Å². The van der Waals surface area contributed by atoms with Gasteiger partial charge in [-0.2, -0.15) is 0 Å². The van der Waals surface area contributed by atoms with Gasteiger partial charge in [-0.25, -0.2) is 0 Å². The van der Waals surface area contributed by atoms with E-state index in [9.17, 15) is 4.79 Å². The lowest BCUT2D eigenvalue weighted by Gasteiger charge is -2.20. The molecule has 0 fully saturated rings. The largest absolute Gasteiger partial charge is 0.325 e. The van der Waals surface area contributed by atoms with Gasteiger partial charge in [0.1, 0.15) is 0 Å². The lowest BCUT2D eigenvalue weighted by Crippen LogP contribution is -2.21. The summed E-state index contributed by atoms with van der Waals surface area (Å²) in [6.45, 7) is 4.08. The van der Waals surface area contributed by atoms with Crippen LogP contribution in [0.5, 0.6) is 0 Å². The van der Waals surface area contributed by atoms with Crippen LogP contribution in [0.2, 0.25) is 5.02 Å². The molecule has 0 spiro atoms. The van der Waals surface area contributed by atoms with Crippen LogP contribution in [0.15, 0.2) is 53.7 Å². The third-order valence-corrected chi connectivity index (χ3v) is 5.74. The molecule has 3 rings (SSSR count). The summed E-state index contributed by atoms with van der Waals surface area (Å²) in [6.07, 6.45) is 0. The van der Waals surface area contributed by atoms with E-state index in [2.05, 4.69) is 27.3 Å². The second kappa shape index (κ2) is 9.43. The molecule has 0 aliphatic carbocycles. The van der Waals surface area contributed by atoms with Crippen molar-refractivity contribution in [2.75, 3.05) is 25.2 Å². The molecule has 0 bridgehead atoms. The Labute approximate surface area is 180 Å². The first-order chi connectivity index (χ1) is 13.8. The van der Waals surface area contributed by atoms with Crippen LogP contribution in [-0.2, 0) is 4.79 Å². The molecule has 1 N–H and O–H groups in total. The Bertz CT molecular complexity index is 970. The zero-order valence-electron chi connectivity index (χ0n) is 16.9. The minimum Gasteiger partial charge on any atom is -0.325 e. The normalized spacial score (nSPS) is 12.2. The first-order valence-electron chi connectivity index (χ1n) is 9.22. The van der Waals surface area contributed by atoms with Gasteiger partial charge in [0.15, 0.2) is 11.0 Å². The van der Waals surface area contributed by atoms with Crippen molar-refractivity contribution >= 4 is 35.0 Å². The molecule has 0 saturated heterocycles. The second-order valence-electron chi connectivity index (χ2n) is 7.00. The van der Waals surface area contributed by atoms with Gasteiger partial charge in [-0.1, -0.05) is 41.1 Å². The van der Waals surface area contributed by atoms with Crippen molar-refractivity contribution in [3.8, 4) is 5.69 Å². The van der Waals surface area contributed by atoms with E-state index in [1.165, 1.54) is 11.8 Å². The van der Waals surface area contributed by atoms with E-state index in [0.717, 1.165) is 22.8 Å². The highest BCUT2D eigenvalue weighted by molar-refractivity contribution is 7.99. The van der Waals surface area contributed by atoms with Gasteiger partial charge in [0.05, 0.1) is 11.8 Å². The van der Waals surface area contributed by atoms with Gasteiger partial charge in [-0.05, 0) is 64.3 Å². The molecule has 0 saturated carbocycles. The Morgan fingerprint density at radius 3 is 2.41 bits per heavy atom. The molecule has 8 heteroatoms. The summed E-state index contributed by atoms with van der Waals surface area (Å²) in [6, 6.07) is 15.3. The molecule has 3 aromatic rings. The minimum absolute atomic E-state index is 0.0499. The number of nitrogens with one attached hydrogen (secondary N) is 1. The van der Waals surface area contributed by atoms with Crippen LogP contribution in [0.25, 0.3) is 5.69 Å². The van der Waals surface area contributed by atoms with E-state index in [-0.39, 0.29) is 17.7 Å². The quantitative estimate of drug-likeness (QED) is 0.557. The highest BCUT2D eigenvalue weighted by Crippen LogP contribution is 2.27. The van der Waals surface area contributed by atoms with Crippen LogP contribution >= 0.6 is 23.4 Å². The van der Waals surface area contributed by atoms with Crippen LogP contribution in [0, 0.1) is 6.92 Å². The molecule has 1 heterocycles. The number of benzene rings is 2. The Hall–Kier alpha value is -2.35. The summed E-state index contributed by atoms with van der Waals surface area (Å²) in [5.41, 5.74) is 2.84. The lowest BCUT2D eigenvalue weighted by molar-refractivity contribution is -0.113. The fourth-order valence-electron chi connectivity index (χ4n) is 2.67. The molecule has 1 unspecified atom stereocenters. The predicted molar refractivity (Wildman–Crippen MR) is 119 cm³/mol. The van der Waals surface area contributed by atoms with Gasteiger partial charge in [0.25, 0.3) is 0 Å². The molecular weight excluding hydrogens is 406 g/mol. The van der Waals surface area contributed by atoms with Crippen molar-refractivity contribution in [1.29, 1.82) is 0 Å². The SMILES string of the molecule is Cc1ccc(NC(=O)CSc2nnc(C(C)N(C)C)n2-c2ccc(Cl)cc2)cc1. The van der Waals surface area contributed by atoms with Crippen LogP contribution < -0.4 is 5.32 Å². The van der Waals surface area contributed by atoms with Crippen molar-refractivity contribution in [2.24, 2.45) is 0 Å². The summed E-state index contributed by atoms with van der Waals surface area (Å²) in [5.74, 6) is 0.945. The van der Waals surface area contributed by atoms with Crippen LogP contribution in [0.3, 0.4) is 0 Å². The molecule has 1 amide bonds. The number of aryl methyl sites for hydroxylation is 1. The molecule has 0 aliphatic heterocycles. The number of nitrogens with zero attached hydrogens (tertiary/aromatic N) is 4. The van der Waals surface area contributed by atoms with Crippen molar-refractivity contribution in [1.82, 2.24) is 19.7 Å². The van der Waals surface area contributed by atoms with Crippen LogP contribution in [0.4, 0.5) is 5.69 Å². The molecule has 1 aromatic heterocycles. The number of anilines is 1. The molecule has 0 radical (unpaired) electrons. The third-order valence-electron chi connectivity index (χ3n) is 4.56. The average molecular weight is 430 g/mol. The van der Waals surface area contributed by atoms with E-state index < -0.39 is 0 Å². The second-order valence-corrected chi connectivity index (χ2v) is 8.37. The monoisotopic (exact) mass is 429 g/mol. The topological polar surface area (TPSA) is 63.1 Å². The molecular formula is C21H24ClN5OS. The number of thioether (sulfide) groups is 1. The molecule has 1 atom stereocenters. The fourth-order valence-corrected chi connectivity index (χ4v) is 3.56. The molecule has 152 valence electrons. The molecule has 2 aromatic carbocycles. The van der Waals surface area contributed by atoms with Crippen molar-refractivity contribution < 1.29 is 4.79 Å². The maximum atomic E-state index is 12.4. The smallest absolute Gasteiger partial charge is 0.234 e. The summed E-state index contributed by atoms with van der Waals surface area (Å²) >= 11 is 7.40. The summed E-state index contributed by atoms with van der Waals surface area (Å²) in [4.78, 5) is 14.5. The van der Waals surface area contributed by atoms with E-state index in [1.54, 1.807) is 0 Å². The predicted octanol–water partition coefficient (Wildman–Crippen LogP) is 4.58. The van der Waals surface area contributed by atoms with Gasteiger partial charge in [-0.15, -0.1) is 10.2 Å². The average Bonchev–Trinajstić information content (AvgIpc) is 3.12. The van der Waals surface area contributed by atoms with Gasteiger partial charge in [0, 0.05) is 16.4 Å². The number of hydrogen-bond acceptors (Lipinski definition) is 5. The number of hydrogen-bond donors (Lipinski definition) is 1. The zero-order valence-corrected chi connectivity index (χ0v) is 18.5. The fraction of sp³-hybridized carbons (Fsp3) is 0.286. The molecule has 29 heavy (non-hydrogen) atoms. The number of carbonyl (C=O) groups is 1. The summed E-state index contributed by atoms with van der Waals surface area (Å²) in [7, 11) is 3.99. The first-order valence-corrected chi connectivity index (χ1v) is 10.6. The summed E-state index contributed by atoms with van der Waals surface area (Å²) < 4.78 is 1.98. The third kappa shape index (κ3) is 5.38. The van der Waals surface area contributed by atoms with E-state index in [0.29, 0.717) is 10.2 Å². The number of halogens is 1. The van der Waals surface area contributed by atoms with Gasteiger partial charge in [-0.3, -0.25) is 14.3 Å². The van der Waals surface area contributed by atoms with Crippen LogP contribution in [-0.4, -0.2) is 45.4 Å². The lowest BCUT2D eigenvalue weighted by atomic mass is 10.2. The highest BCUT2D eigenvalue weighted by atomic mass is 35.5.